The fourth-order valence-corrected chi connectivity index (χ4v) is 1.22. The van der Waals surface area contributed by atoms with Crippen LogP contribution in [0.25, 0.3) is 6.08 Å². The molecule has 3 nitrogen and oxygen atoms in total. The molecule has 0 N–H and O–H groups in total. The predicted octanol–water partition coefficient (Wildman–Crippen LogP) is 2.23. The Hall–Kier alpha value is -1.03. The number of rotatable bonds is 3. The van der Waals surface area contributed by atoms with E-state index in [1.54, 1.807) is 24.5 Å². The van der Waals surface area contributed by atoms with Crippen molar-refractivity contribution in [1.82, 2.24) is 0 Å². The first-order chi connectivity index (χ1) is 6.27. The summed E-state index contributed by atoms with van der Waals surface area (Å²) in [7, 11) is 1.35. The van der Waals surface area contributed by atoms with Crippen molar-refractivity contribution in [2.45, 2.75) is 0 Å². The molecule has 0 radical (unpaired) electrons. The second kappa shape index (κ2) is 4.87. The first-order valence-electron chi connectivity index (χ1n) is 3.66. The number of carbonyl (C=O) groups excluding carboxylic acids is 1. The van der Waals surface area contributed by atoms with Crippen molar-refractivity contribution in [1.29, 1.82) is 0 Å². The van der Waals surface area contributed by atoms with Crippen molar-refractivity contribution in [3.8, 4) is 0 Å². The molecule has 0 unspecified atom stereocenters. The van der Waals surface area contributed by atoms with Crippen LogP contribution in [0.4, 0.5) is 0 Å². The number of hydrogen-bond acceptors (Lipinski definition) is 3. The number of alkyl halides is 1. The molecule has 0 amide bonds. The molecular formula is C9H9BrO3. The third kappa shape index (κ3) is 2.73. The quantitative estimate of drug-likeness (QED) is 0.465. The molecule has 0 aliphatic rings. The van der Waals surface area contributed by atoms with Gasteiger partial charge in [-0.2, -0.15) is 0 Å². The van der Waals surface area contributed by atoms with Crippen molar-refractivity contribution in [3.63, 3.8) is 0 Å². The Labute approximate surface area is 84.5 Å². The Balaban J connectivity index is 2.83. The standard InChI is InChI=1S/C9H9BrO3/c1-12-9(11)7(6-10)5-8-3-2-4-13-8/h2-5H,6H2,1H3/b7-5+. The smallest absolute Gasteiger partial charge is 0.334 e. The van der Waals surface area contributed by atoms with E-state index in [0.29, 0.717) is 16.7 Å². The maximum absolute atomic E-state index is 11.1. The molecule has 13 heavy (non-hydrogen) atoms. The van der Waals surface area contributed by atoms with Crippen LogP contribution in [0.1, 0.15) is 5.76 Å². The van der Waals surface area contributed by atoms with E-state index < -0.39 is 0 Å². The molecule has 4 heteroatoms. The Kier molecular flexibility index (Phi) is 3.76. The SMILES string of the molecule is COC(=O)/C(=C/c1ccco1)CBr. The summed E-state index contributed by atoms with van der Waals surface area (Å²) in [6.07, 6.45) is 3.19. The molecule has 0 fully saturated rings. The molecule has 70 valence electrons. The van der Waals surface area contributed by atoms with E-state index >= 15 is 0 Å². The van der Waals surface area contributed by atoms with E-state index in [-0.39, 0.29) is 5.97 Å². The number of carbonyl (C=O) groups is 1. The maximum atomic E-state index is 11.1. The molecular weight excluding hydrogens is 236 g/mol. The monoisotopic (exact) mass is 244 g/mol. The zero-order valence-corrected chi connectivity index (χ0v) is 8.71. The van der Waals surface area contributed by atoms with Gasteiger partial charge < -0.3 is 9.15 Å². The molecule has 1 heterocycles. The van der Waals surface area contributed by atoms with E-state index in [0.717, 1.165) is 0 Å². The fourth-order valence-electron chi connectivity index (χ4n) is 0.828. The van der Waals surface area contributed by atoms with Gasteiger partial charge in [0.2, 0.25) is 0 Å². The summed E-state index contributed by atoms with van der Waals surface area (Å²) in [5.74, 6) is 0.285. The van der Waals surface area contributed by atoms with Gasteiger partial charge >= 0.3 is 5.97 Å². The van der Waals surface area contributed by atoms with Gasteiger partial charge in [0.05, 0.1) is 18.9 Å². The number of esters is 1. The Bertz CT molecular complexity index is 301. The summed E-state index contributed by atoms with van der Waals surface area (Å²) in [6, 6.07) is 3.53. The van der Waals surface area contributed by atoms with Gasteiger partial charge in [-0.15, -0.1) is 0 Å². The molecule has 0 atom stereocenters. The highest BCUT2D eigenvalue weighted by atomic mass is 79.9. The first-order valence-corrected chi connectivity index (χ1v) is 4.78. The van der Waals surface area contributed by atoms with Gasteiger partial charge in [-0.25, -0.2) is 4.79 Å². The average Bonchev–Trinajstić information content (AvgIpc) is 2.65. The van der Waals surface area contributed by atoms with Crippen LogP contribution in [0.3, 0.4) is 0 Å². The van der Waals surface area contributed by atoms with E-state index in [2.05, 4.69) is 20.7 Å². The van der Waals surface area contributed by atoms with Crippen molar-refractivity contribution < 1.29 is 13.9 Å². The lowest BCUT2D eigenvalue weighted by Gasteiger charge is -1.99. The summed E-state index contributed by atoms with van der Waals surface area (Å²) < 4.78 is 9.63. The molecule has 0 aromatic carbocycles. The number of hydrogen-bond donors (Lipinski definition) is 0. The van der Waals surface area contributed by atoms with Gasteiger partial charge in [-0.1, -0.05) is 15.9 Å². The minimum atomic E-state index is -0.353. The van der Waals surface area contributed by atoms with Crippen LogP contribution in [-0.2, 0) is 9.53 Å². The van der Waals surface area contributed by atoms with Crippen LogP contribution in [0, 0.1) is 0 Å². The van der Waals surface area contributed by atoms with Gasteiger partial charge in [0.1, 0.15) is 5.76 Å². The Morgan fingerprint density at radius 1 is 1.77 bits per heavy atom. The van der Waals surface area contributed by atoms with Gasteiger partial charge in [0, 0.05) is 5.33 Å². The van der Waals surface area contributed by atoms with Gasteiger partial charge in [-0.3, -0.25) is 0 Å². The zero-order valence-electron chi connectivity index (χ0n) is 7.12. The minimum Gasteiger partial charge on any atom is -0.466 e. The Morgan fingerprint density at radius 2 is 2.54 bits per heavy atom. The summed E-state index contributed by atoms with van der Waals surface area (Å²) in [5, 5.41) is 0.445. The zero-order chi connectivity index (χ0) is 9.68. The molecule has 1 aromatic rings. The topological polar surface area (TPSA) is 39.4 Å². The lowest BCUT2D eigenvalue weighted by Crippen LogP contribution is -2.05. The maximum Gasteiger partial charge on any atom is 0.334 e. The Morgan fingerprint density at radius 3 is 3.00 bits per heavy atom. The summed E-state index contributed by atoms with van der Waals surface area (Å²) in [4.78, 5) is 11.1. The highest BCUT2D eigenvalue weighted by Gasteiger charge is 2.08. The highest BCUT2D eigenvalue weighted by molar-refractivity contribution is 9.09. The number of halogens is 1. The van der Waals surface area contributed by atoms with E-state index in [1.807, 2.05) is 0 Å². The second-order valence-electron chi connectivity index (χ2n) is 2.31. The average molecular weight is 245 g/mol. The lowest BCUT2D eigenvalue weighted by atomic mass is 10.2. The van der Waals surface area contributed by atoms with E-state index in [1.165, 1.54) is 7.11 Å². The van der Waals surface area contributed by atoms with Crippen LogP contribution in [0.15, 0.2) is 28.4 Å². The minimum absolute atomic E-state index is 0.353. The molecule has 0 saturated carbocycles. The van der Waals surface area contributed by atoms with E-state index in [4.69, 9.17) is 4.42 Å². The van der Waals surface area contributed by atoms with Crippen LogP contribution in [0.2, 0.25) is 0 Å². The third-order valence-electron chi connectivity index (χ3n) is 1.45. The number of methoxy groups -OCH3 is 1. The van der Waals surface area contributed by atoms with Crippen LogP contribution >= 0.6 is 15.9 Å². The largest absolute Gasteiger partial charge is 0.466 e. The van der Waals surface area contributed by atoms with Gasteiger partial charge in [0.15, 0.2) is 0 Å². The van der Waals surface area contributed by atoms with Crippen LogP contribution in [0.5, 0.6) is 0 Å². The molecule has 1 aromatic heterocycles. The van der Waals surface area contributed by atoms with Crippen molar-refractivity contribution in [2.75, 3.05) is 12.4 Å². The van der Waals surface area contributed by atoms with Crippen LogP contribution in [-0.4, -0.2) is 18.4 Å². The molecule has 0 spiro atoms. The highest BCUT2D eigenvalue weighted by Crippen LogP contribution is 2.10. The van der Waals surface area contributed by atoms with Crippen molar-refractivity contribution in [3.05, 3.63) is 29.7 Å². The number of ether oxygens (including phenoxy) is 1. The van der Waals surface area contributed by atoms with Crippen molar-refractivity contribution in [2.24, 2.45) is 0 Å². The first kappa shape index (κ1) is 10.1. The molecule has 0 saturated heterocycles. The molecule has 0 aliphatic heterocycles. The summed E-state index contributed by atoms with van der Waals surface area (Å²) in [5.41, 5.74) is 0.525. The van der Waals surface area contributed by atoms with Crippen LogP contribution < -0.4 is 0 Å². The lowest BCUT2D eigenvalue weighted by molar-refractivity contribution is -0.135. The third-order valence-corrected chi connectivity index (χ3v) is 2.06. The predicted molar refractivity (Wildman–Crippen MR) is 52.5 cm³/mol. The van der Waals surface area contributed by atoms with Crippen molar-refractivity contribution >= 4 is 28.0 Å². The normalized spacial score (nSPS) is 11.4. The number of furan rings is 1. The summed E-state index contributed by atoms with van der Waals surface area (Å²) in [6.45, 7) is 0. The second-order valence-corrected chi connectivity index (χ2v) is 2.87. The fraction of sp³-hybridized carbons (Fsp3) is 0.222. The van der Waals surface area contributed by atoms with Gasteiger partial charge in [0.25, 0.3) is 0 Å². The molecule has 0 aliphatic carbocycles. The molecule has 1 rings (SSSR count). The van der Waals surface area contributed by atoms with E-state index in [9.17, 15) is 4.79 Å². The summed E-state index contributed by atoms with van der Waals surface area (Å²) >= 11 is 3.19. The molecule has 0 bridgehead atoms. The van der Waals surface area contributed by atoms with Gasteiger partial charge in [-0.05, 0) is 18.2 Å².